The summed E-state index contributed by atoms with van der Waals surface area (Å²) in [6.07, 6.45) is 4.40. The van der Waals surface area contributed by atoms with Crippen molar-refractivity contribution in [3.8, 4) is 5.75 Å². The van der Waals surface area contributed by atoms with Crippen molar-refractivity contribution >= 4 is 35.8 Å². The molecule has 2 rings (SSSR count). The highest BCUT2D eigenvalue weighted by molar-refractivity contribution is 14.0. The lowest BCUT2D eigenvalue weighted by molar-refractivity contribution is -0.130. The number of nitrogens with zero attached hydrogens (tertiary/aromatic N) is 2. The average Bonchev–Trinajstić information content (AvgIpc) is 2.68. The molecule has 1 saturated heterocycles. The van der Waals surface area contributed by atoms with Crippen molar-refractivity contribution in [2.24, 2.45) is 4.99 Å². The van der Waals surface area contributed by atoms with Crippen LogP contribution in [-0.4, -0.2) is 50.1 Å². The van der Waals surface area contributed by atoms with E-state index in [0.717, 1.165) is 43.7 Å². The van der Waals surface area contributed by atoms with Gasteiger partial charge in [0.25, 0.3) is 0 Å². The van der Waals surface area contributed by atoms with Crippen LogP contribution >= 0.6 is 24.0 Å². The van der Waals surface area contributed by atoms with Gasteiger partial charge in [-0.1, -0.05) is 19.1 Å². The minimum atomic E-state index is 0. The summed E-state index contributed by atoms with van der Waals surface area (Å²) in [5.41, 5.74) is 2.25. The first-order valence-electron chi connectivity index (χ1n) is 9.58. The van der Waals surface area contributed by atoms with Gasteiger partial charge < -0.3 is 20.3 Å². The van der Waals surface area contributed by atoms with Crippen molar-refractivity contribution in [1.29, 1.82) is 0 Å². The van der Waals surface area contributed by atoms with Gasteiger partial charge in [-0.15, -0.1) is 24.0 Å². The second kappa shape index (κ2) is 12.8. The Morgan fingerprint density at radius 2 is 1.96 bits per heavy atom. The van der Waals surface area contributed by atoms with Crippen LogP contribution in [0.1, 0.15) is 43.7 Å². The van der Waals surface area contributed by atoms with E-state index >= 15 is 0 Å². The van der Waals surface area contributed by atoms with Gasteiger partial charge in [0.1, 0.15) is 5.75 Å². The van der Waals surface area contributed by atoms with Crippen LogP contribution in [0.2, 0.25) is 0 Å². The van der Waals surface area contributed by atoms with Gasteiger partial charge in [0.05, 0.1) is 13.2 Å². The second-order valence-electron chi connectivity index (χ2n) is 6.68. The highest BCUT2D eigenvalue weighted by Gasteiger charge is 2.16. The van der Waals surface area contributed by atoms with Crippen LogP contribution in [0.25, 0.3) is 0 Å². The number of aliphatic imine (C=N–C) groups is 1. The van der Waals surface area contributed by atoms with Crippen molar-refractivity contribution in [3.63, 3.8) is 0 Å². The summed E-state index contributed by atoms with van der Waals surface area (Å²) in [5, 5.41) is 6.39. The number of rotatable bonds is 7. The molecule has 1 aromatic carbocycles. The number of amides is 1. The van der Waals surface area contributed by atoms with E-state index in [4.69, 9.17) is 4.74 Å². The first kappa shape index (κ1) is 23.5. The number of aryl methyl sites for hydroxylation is 1. The zero-order valence-corrected chi connectivity index (χ0v) is 19.0. The first-order valence-corrected chi connectivity index (χ1v) is 9.58. The number of likely N-dealkylation sites (tertiary alicyclic amines) is 1. The predicted octanol–water partition coefficient (Wildman–Crippen LogP) is 3.08. The van der Waals surface area contributed by atoms with Gasteiger partial charge in [0, 0.05) is 32.2 Å². The van der Waals surface area contributed by atoms with Gasteiger partial charge in [-0.3, -0.25) is 9.79 Å². The molecule has 7 heteroatoms. The molecule has 0 radical (unpaired) electrons. The summed E-state index contributed by atoms with van der Waals surface area (Å²) < 4.78 is 5.85. The average molecular weight is 488 g/mol. The van der Waals surface area contributed by atoms with E-state index in [-0.39, 0.29) is 36.4 Å². The molecule has 0 atom stereocenters. The molecule has 0 unspecified atom stereocenters. The number of nitrogens with one attached hydrogen (secondary N) is 2. The molecule has 0 bridgehead atoms. The molecule has 1 aromatic rings. The minimum absolute atomic E-state index is 0. The monoisotopic (exact) mass is 488 g/mol. The minimum Gasteiger partial charge on any atom is -0.493 e. The zero-order valence-electron chi connectivity index (χ0n) is 16.7. The van der Waals surface area contributed by atoms with Crippen molar-refractivity contribution < 1.29 is 9.53 Å². The highest BCUT2D eigenvalue weighted by Crippen LogP contribution is 2.20. The maximum atomic E-state index is 12.3. The summed E-state index contributed by atoms with van der Waals surface area (Å²) in [5.74, 6) is 1.66. The fourth-order valence-electron chi connectivity index (χ4n) is 2.97. The Kier molecular flexibility index (Phi) is 11.2. The molecule has 0 saturated carbocycles. The maximum absolute atomic E-state index is 12.3. The molecular formula is C20H33IN4O2. The molecule has 0 aromatic heterocycles. The first-order chi connectivity index (χ1) is 12.6. The Bertz CT molecular complexity index is 616. The van der Waals surface area contributed by atoms with Gasteiger partial charge >= 0.3 is 0 Å². The van der Waals surface area contributed by atoms with Crippen LogP contribution in [0.5, 0.6) is 5.75 Å². The molecule has 1 amide bonds. The second-order valence-corrected chi connectivity index (χ2v) is 6.68. The number of halogens is 1. The Labute approximate surface area is 180 Å². The number of benzene rings is 1. The normalized spacial score (nSPS) is 14.3. The smallest absolute Gasteiger partial charge is 0.241 e. The van der Waals surface area contributed by atoms with E-state index < -0.39 is 0 Å². The standard InChI is InChI=1S/C20H32N4O2.HI/c1-4-12-26-18-13-16(2)8-9-17(18)14-22-20(21-3)23-15-19(25)24-10-6-5-7-11-24;/h8-9,13H,4-7,10-12,14-15H2,1-3H3,(H2,21,22,23);1H. The van der Waals surface area contributed by atoms with Crippen LogP contribution < -0.4 is 15.4 Å². The molecule has 1 aliphatic rings. The van der Waals surface area contributed by atoms with Crippen LogP contribution in [0.4, 0.5) is 0 Å². The maximum Gasteiger partial charge on any atom is 0.241 e. The van der Waals surface area contributed by atoms with Crippen molar-refractivity contribution in [2.45, 2.75) is 46.1 Å². The van der Waals surface area contributed by atoms with Crippen LogP contribution in [0.15, 0.2) is 23.2 Å². The highest BCUT2D eigenvalue weighted by atomic mass is 127. The van der Waals surface area contributed by atoms with Gasteiger partial charge in [-0.25, -0.2) is 0 Å². The number of carbonyl (C=O) groups excluding carboxylic acids is 1. The molecule has 1 heterocycles. The van der Waals surface area contributed by atoms with Gasteiger partial charge in [0.2, 0.25) is 5.91 Å². The van der Waals surface area contributed by atoms with E-state index in [9.17, 15) is 4.79 Å². The molecule has 6 nitrogen and oxygen atoms in total. The van der Waals surface area contributed by atoms with Gasteiger partial charge in [-0.05, 0) is 44.2 Å². The number of hydrogen-bond acceptors (Lipinski definition) is 3. The Morgan fingerprint density at radius 1 is 1.22 bits per heavy atom. The molecule has 152 valence electrons. The molecule has 1 aliphatic heterocycles. The van der Waals surface area contributed by atoms with Gasteiger partial charge in [-0.2, -0.15) is 0 Å². The topological polar surface area (TPSA) is 66.0 Å². The summed E-state index contributed by atoms with van der Waals surface area (Å²) in [7, 11) is 1.71. The van der Waals surface area contributed by atoms with Crippen LogP contribution in [-0.2, 0) is 11.3 Å². The Hall–Kier alpha value is -1.51. The Morgan fingerprint density at radius 3 is 2.63 bits per heavy atom. The lowest BCUT2D eigenvalue weighted by Gasteiger charge is -2.27. The molecule has 1 fully saturated rings. The molecular weight excluding hydrogens is 455 g/mol. The Balaban J connectivity index is 0.00000364. The number of ether oxygens (including phenoxy) is 1. The molecule has 2 N–H and O–H groups in total. The number of hydrogen-bond donors (Lipinski definition) is 2. The SMILES string of the molecule is CCCOc1cc(C)ccc1CNC(=NC)NCC(=O)N1CCCCC1.I. The van der Waals surface area contributed by atoms with E-state index in [1.165, 1.54) is 12.0 Å². The van der Waals surface area contributed by atoms with Crippen LogP contribution in [0, 0.1) is 6.92 Å². The predicted molar refractivity (Wildman–Crippen MR) is 121 cm³/mol. The quantitative estimate of drug-likeness (QED) is 0.352. The van der Waals surface area contributed by atoms with Crippen molar-refractivity contribution in [3.05, 3.63) is 29.3 Å². The van der Waals surface area contributed by atoms with Crippen molar-refractivity contribution in [2.75, 3.05) is 33.3 Å². The van der Waals surface area contributed by atoms with Gasteiger partial charge in [0.15, 0.2) is 5.96 Å². The lowest BCUT2D eigenvalue weighted by Crippen LogP contribution is -2.45. The number of guanidine groups is 1. The zero-order chi connectivity index (χ0) is 18.8. The van der Waals surface area contributed by atoms with E-state index in [0.29, 0.717) is 19.1 Å². The summed E-state index contributed by atoms with van der Waals surface area (Å²) >= 11 is 0. The number of piperidine rings is 1. The molecule has 0 aliphatic carbocycles. The lowest BCUT2D eigenvalue weighted by atomic mass is 10.1. The number of carbonyl (C=O) groups is 1. The third-order valence-electron chi connectivity index (χ3n) is 4.47. The van der Waals surface area contributed by atoms with Crippen molar-refractivity contribution in [1.82, 2.24) is 15.5 Å². The fraction of sp³-hybridized carbons (Fsp3) is 0.600. The summed E-state index contributed by atoms with van der Waals surface area (Å²) in [6, 6.07) is 6.20. The van der Waals surface area contributed by atoms with Crippen LogP contribution in [0.3, 0.4) is 0 Å². The van der Waals surface area contributed by atoms with E-state index in [2.05, 4.69) is 47.7 Å². The molecule has 0 spiro atoms. The summed E-state index contributed by atoms with van der Waals surface area (Å²) in [4.78, 5) is 18.4. The van der Waals surface area contributed by atoms with E-state index in [1.54, 1.807) is 7.05 Å². The largest absolute Gasteiger partial charge is 0.493 e. The fourth-order valence-corrected chi connectivity index (χ4v) is 2.97. The third kappa shape index (κ3) is 7.94. The molecule has 27 heavy (non-hydrogen) atoms. The third-order valence-corrected chi connectivity index (χ3v) is 4.47. The summed E-state index contributed by atoms with van der Waals surface area (Å²) in [6.45, 7) is 7.46. The van der Waals surface area contributed by atoms with E-state index in [1.807, 2.05) is 4.90 Å².